The first-order chi connectivity index (χ1) is 14.8. The van der Waals surface area contributed by atoms with E-state index < -0.39 is 11.8 Å². The largest absolute Gasteiger partial charge is 0.350 e. The van der Waals surface area contributed by atoms with Crippen molar-refractivity contribution < 1.29 is 14.4 Å². The van der Waals surface area contributed by atoms with Gasteiger partial charge in [0.25, 0.3) is 17.7 Å². The van der Waals surface area contributed by atoms with Crippen LogP contribution >= 0.6 is 27.5 Å². The first kappa shape index (κ1) is 21.6. The monoisotopic (exact) mass is 501 g/mol. The van der Waals surface area contributed by atoms with Crippen LogP contribution in [0.3, 0.4) is 0 Å². The number of amides is 3. The maximum absolute atomic E-state index is 12.9. The number of nitrogens with zero attached hydrogens (tertiary/aromatic N) is 2. The van der Waals surface area contributed by atoms with Crippen LogP contribution in [0.4, 0.5) is 11.4 Å². The topological polar surface area (TPSA) is 69.7 Å². The quantitative estimate of drug-likeness (QED) is 0.612. The second kappa shape index (κ2) is 8.85. The SMILES string of the molecule is CC1CCCN(C(=O)c2cccc(NC3=C(Cl)C(=O)N(c4ccc(Br)cc4)C3=O)c2)C1. The number of likely N-dealkylation sites (tertiary alicyclic amines) is 1. The predicted molar refractivity (Wildman–Crippen MR) is 124 cm³/mol. The molecule has 2 aliphatic rings. The lowest BCUT2D eigenvalue weighted by atomic mass is 9.99. The van der Waals surface area contributed by atoms with E-state index >= 15 is 0 Å². The van der Waals surface area contributed by atoms with E-state index in [4.69, 9.17) is 11.6 Å². The summed E-state index contributed by atoms with van der Waals surface area (Å²) in [6.45, 7) is 3.63. The number of hydrogen-bond donors (Lipinski definition) is 1. The molecule has 0 aromatic heterocycles. The second-order valence-corrected chi connectivity index (χ2v) is 9.11. The van der Waals surface area contributed by atoms with Crippen LogP contribution in [0.15, 0.2) is 63.7 Å². The van der Waals surface area contributed by atoms with Gasteiger partial charge < -0.3 is 10.2 Å². The van der Waals surface area contributed by atoms with Gasteiger partial charge in [-0.05, 0) is 61.2 Å². The molecule has 2 aliphatic heterocycles. The van der Waals surface area contributed by atoms with Crippen molar-refractivity contribution in [3.05, 3.63) is 69.3 Å². The average Bonchev–Trinajstić information content (AvgIpc) is 2.97. The van der Waals surface area contributed by atoms with Gasteiger partial charge in [-0.25, -0.2) is 4.90 Å². The molecule has 2 aromatic carbocycles. The van der Waals surface area contributed by atoms with E-state index in [0.29, 0.717) is 22.9 Å². The number of benzene rings is 2. The molecule has 31 heavy (non-hydrogen) atoms. The Morgan fingerprint density at radius 1 is 1.13 bits per heavy atom. The molecule has 4 rings (SSSR count). The zero-order valence-corrected chi connectivity index (χ0v) is 19.2. The van der Waals surface area contributed by atoms with E-state index in [1.807, 2.05) is 4.90 Å². The maximum Gasteiger partial charge on any atom is 0.283 e. The van der Waals surface area contributed by atoms with E-state index in [1.165, 1.54) is 0 Å². The van der Waals surface area contributed by atoms with Crippen molar-refractivity contribution >= 4 is 56.6 Å². The molecular formula is C23H21BrClN3O3. The van der Waals surface area contributed by atoms with Gasteiger partial charge in [0.1, 0.15) is 10.7 Å². The van der Waals surface area contributed by atoms with Gasteiger partial charge in [0.15, 0.2) is 0 Å². The summed E-state index contributed by atoms with van der Waals surface area (Å²) < 4.78 is 0.831. The molecule has 6 nitrogen and oxygen atoms in total. The van der Waals surface area contributed by atoms with Crippen LogP contribution in [0.1, 0.15) is 30.1 Å². The van der Waals surface area contributed by atoms with Gasteiger partial charge in [0, 0.05) is 28.8 Å². The number of piperidine rings is 1. The van der Waals surface area contributed by atoms with Crippen LogP contribution in [0.2, 0.25) is 0 Å². The van der Waals surface area contributed by atoms with Gasteiger partial charge in [-0.15, -0.1) is 0 Å². The first-order valence-corrected chi connectivity index (χ1v) is 11.2. The van der Waals surface area contributed by atoms with Gasteiger partial charge in [-0.3, -0.25) is 14.4 Å². The summed E-state index contributed by atoms with van der Waals surface area (Å²) in [5.74, 6) is -0.694. The summed E-state index contributed by atoms with van der Waals surface area (Å²) in [6, 6.07) is 13.7. The minimum atomic E-state index is -0.592. The molecule has 0 radical (unpaired) electrons. The fraction of sp³-hybridized carbons (Fsp3) is 0.261. The van der Waals surface area contributed by atoms with Gasteiger partial charge in [0.05, 0.1) is 5.69 Å². The molecule has 1 fully saturated rings. The van der Waals surface area contributed by atoms with Crippen molar-refractivity contribution in [1.82, 2.24) is 4.90 Å². The van der Waals surface area contributed by atoms with Crippen molar-refractivity contribution in [2.75, 3.05) is 23.3 Å². The minimum absolute atomic E-state index is 0.00854. The number of halogens is 2. The smallest absolute Gasteiger partial charge is 0.283 e. The third kappa shape index (κ3) is 4.38. The predicted octanol–water partition coefficient (Wildman–Crippen LogP) is 4.76. The Bertz CT molecular complexity index is 1080. The first-order valence-electron chi connectivity index (χ1n) is 10.1. The van der Waals surface area contributed by atoms with E-state index in [9.17, 15) is 14.4 Å². The molecule has 0 bridgehead atoms. The molecule has 1 saturated heterocycles. The lowest BCUT2D eigenvalue weighted by molar-refractivity contribution is -0.120. The van der Waals surface area contributed by atoms with Crippen LogP contribution in [0.25, 0.3) is 0 Å². The Hall–Kier alpha value is -2.64. The summed E-state index contributed by atoms with van der Waals surface area (Å²) in [5.41, 5.74) is 1.46. The molecule has 1 atom stereocenters. The summed E-state index contributed by atoms with van der Waals surface area (Å²) in [6.07, 6.45) is 2.12. The second-order valence-electron chi connectivity index (χ2n) is 7.82. The molecule has 2 aromatic rings. The van der Waals surface area contributed by atoms with Crippen molar-refractivity contribution in [2.45, 2.75) is 19.8 Å². The molecule has 8 heteroatoms. The maximum atomic E-state index is 12.9. The van der Waals surface area contributed by atoms with Crippen LogP contribution in [-0.4, -0.2) is 35.7 Å². The third-order valence-electron chi connectivity index (χ3n) is 5.44. The van der Waals surface area contributed by atoms with Crippen molar-refractivity contribution in [3.8, 4) is 0 Å². The van der Waals surface area contributed by atoms with Gasteiger partial charge in [-0.2, -0.15) is 0 Å². The highest BCUT2D eigenvalue weighted by atomic mass is 79.9. The van der Waals surface area contributed by atoms with Crippen LogP contribution in [0.5, 0.6) is 0 Å². The summed E-state index contributed by atoms with van der Waals surface area (Å²) in [5, 5.41) is 2.76. The van der Waals surface area contributed by atoms with Crippen LogP contribution in [0, 0.1) is 5.92 Å². The average molecular weight is 503 g/mol. The number of carbonyl (C=O) groups is 3. The van der Waals surface area contributed by atoms with Crippen molar-refractivity contribution in [3.63, 3.8) is 0 Å². The molecule has 1 N–H and O–H groups in total. The van der Waals surface area contributed by atoms with E-state index in [0.717, 1.165) is 35.3 Å². The highest BCUT2D eigenvalue weighted by Gasteiger charge is 2.39. The Kier molecular flexibility index (Phi) is 6.16. The molecular weight excluding hydrogens is 482 g/mol. The lowest BCUT2D eigenvalue weighted by Gasteiger charge is -2.31. The number of hydrogen-bond acceptors (Lipinski definition) is 4. The van der Waals surface area contributed by atoms with Crippen LogP contribution in [-0.2, 0) is 9.59 Å². The number of imide groups is 1. The van der Waals surface area contributed by atoms with E-state index in [2.05, 4.69) is 28.2 Å². The number of rotatable bonds is 4. The van der Waals surface area contributed by atoms with Gasteiger partial charge in [-0.1, -0.05) is 40.5 Å². The lowest BCUT2D eigenvalue weighted by Crippen LogP contribution is -2.39. The fourth-order valence-electron chi connectivity index (χ4n) is 3.87. The molecule has 3 amide bonds. The van der Waals surface area contributed by atoms with Crippen molar-refractivity contribution in [2.24, 2.45) is 5.92 Å². The Morgan fingerprint density at radius 2 is 1.87 bits per heavy atom. The van der Waals surface area contributed by atoms with E-state index in [1.54, 1.807) is 48.5 Å². The fourth-order valence-corrected chi connectivity index (χ4v) is 4.34. The number of anilines is 2. The summed E-state index contributed by atoms with van der Waals surface area (Å²) in [7, 11) is 0. The molecule has 160 valence electrons. The number of carbonyl (C=O) groups excluding carboxylic acids is 3. The summed E-state index contributed by atoms with van der Waals surface area (Å²) in [4.78, 5) is 41.3. The van der Waals surface area contributed by atoms with Gasteiger partial charge in [0.2, 0.25) is 0 Å². The molecule has 0 spiro atoms. The molecule has 0 saturated carbocycles. The minimum Gasteiger partial charge on any atom is -0.350 e. The van der Waals surface area contributed by atoms with Crippen molar-refractivity contribution in [1.29, 1.82) is 0 Å². The summed E-state index contributed by atoms with van der Waals surface area (Å²) >= 11 is 9.54. The molecule has 1 unspecified atom stereocenters. The highest BCUT2D eigenvalue weighted by Crippen LogP contribution is 2.31. The molecule has 0 aliphatic carbocycles. The Balaban J connectivity index is 1.54. The highest BCUT2D eigenvalue weighted by molar-refractivity contribution is 9.10. The normalized spacial score (nSPS) is 19.3. The zero-order chi connectivity index (χ0) is 22.1. The zero-order valence-electron chi connectivity index (χ0n) is 16.9. The standard InChI is InChI=1S/C23H21BrClN3O3/c1-14-4-3-11-27(13-14)21(29)15-5-2-6-17(12-15)26-20-19(25)22(30)28(23(20)31)18-9-7-16(24)8-10-18/h2,5-10,12,14,26H,3-4,11,13H2,1H3. The Labute approximate surface area is 194 Å². The Morgan fingerprint density at radius 3 is 2.58 bits per heavy atom. The van der Waals surface area contributed by atoms with Gasteiger partial charge >= 0.3 is 0 Å². The van der Waals surface area contributed by atoms with Crippen LogP contribution < -0.4 is 10.2 Å². The van der Waals surface area contributed by atoms with E-state index in [-0.39, 0.29) is 16.6 Å². The molecule has 2 heterocycles. The third-order valence-corrected chi connectivity index (χ3v) is 6.31. The number of nitrogens with one attached hydrogen (secondary N) is 1.